The molecule has 1 aromatic rings. The van der Waals surface area contributed by atoms with E-state index in [0.29, 0.717) is 12.2 Å². The highest BCUT2D eigenvalue weighted by molar-refractivity contribution is 5.88. The van der Waals surface area contributed by atoms with Crippen molar-refractivity contribution in [1.29, 1.82) is 0 Å². The van der Waals surface area contributed by atoms with Gasteiger partial charge in [-0.25, -0.2) is 4.79 Å². The topological polar surface area (TPSA) is 54.0 Å². The van der Waals surface area contributed by atoms with Gasteiger partial charge >= 0.3 is 6.03 Å². The van der Waals surface area contributed by atoms with Gasteiger partial charge in [0, 0.05) is 12.7 Å². The van der Waals surface area contributed by atoms with Crippen LogP contribution in [0.1, 0.15) is 20.8 Å². The molecule has 1 aromatic heterocycles. The highest BCUT2D eigenvalue weighted by Crippen LogP contribution is 2.10. The molecule has 0 radical (unpaired) electrons. The van der Waals surface area contributed by atoms with Gasteiger partial charge < -0.3 is 10.6 Å². The summed E-state index contributed by atoms with van der Waals surface area (Å²) in [5.41, 5.74) is 0.788. The minimum Gasteiger partial charge on any atom is -0.337 e. The van der Waals surface area contributed by atoms with E-state index in [9.17, 15) is 4.79 Å². The quantitative estimate of drug-likeness (QED) is 0.781. The Bertz CT molecular complexity index is 316. The number of aromatic nitrogens is 1. The van der Waals surface area contributed by atoms with Gasteiger partial charge in [-0.15, -0.1) is 0 Å². The van der Waals surface area contributed by atoms with Gasteiger partial charge in [0.25, 0.3) is 0 Å². The van der Waals surface area contributed by atoms with E-state index in [2.05, 4.69) is 36.4 Å². The number of anilines is 1. The molecule has 2 amide bonds. The van der Waals surface area contributed by atoms with Crippen LogP contribution in [0.3, 0.4) is 0 Å². The first kappa shape index (κ1) is 11.5. The van der Waals surface area contributed by atoms with Crippen molar-refractivity contribution in [2.24, 2.45) is 5.41 Å². The van der Waals surface area contributed by atoms with Crippen molar-refractivity contribution in [2.75, 3.05) is 11.9 Å². The third-order valence-corrected chi connectivity index (χ3v) is 1.70. The number of carbonyl (C=O) groups is 1. The zero-order chi connectivity index (χ0) is 11.3. The van der Waals surface area contributed by atoms with Crippen molar-refractivity contribution in [3.05, 3.63) is 24.5 Å². The molecule has 4 nitrogen and oxygen atoms in total. The average Bonchev–Trinajstić information content (AvgIpc) is 2.15. The Morgan fingerprint density at radius 1 is 1.47 bits per heavy atom. The van der Waals surface area contributed by atoms with E-state index in [-0.39, 0.29) is 11.4 Å². The molecule has 82 valence electrons. The smallest absolute Gasteiger partial charge is 0.319 e. The molecule has 0 aromatic carbocycles. The second kappa shape index (κ2) is 4.77. The number of nitrogens with zero attached hydrogens (tertiary/aromatic N) is 1. The Morgan fingerprint density at radius 2 is 2.20 bits per heavy atom. The Kier molecular flexibility index (Phi) is 3.66. The molecule has 0 saturated heterocycles. The summed E-state index contributed by atoms with van der Waals surface area (Å²) in [4.78, 5) is 15.3. The molecule has 0 fully saturated rings. The van der Waals surface area contributed by atoms with Crippen LogP contribution in [0.15, 0.2) is 24.5 Å². The van der Waals surface area contributed by atoms with Crippen LogP contribution in [0.2, 0.25) is 0 Å². The van der Waals surface area contributed by atoms with Gasteiger partial charge in [0.1, 0.15) is 0 Å². The number of hydrogen-bond acceptors (Lipinski definition) is 2. The highest BCUT2D eigenvalue weighted by atomic mass is 16.2. The number of nitrogens with one attached hydrogen (secondary N) is 2. The lowest BCUT2D eigenvalue weighted by molar-refractivity contribution is 0.247. The van der Waals surface area contributed by atoms with Gasteiger partial charge in [-0.05, 0) is 17.5 Å². The third kappa shape index (κ3) is 5.00. The van der Waals surface area contributed by atoms with Crippen molar-refractivity contribution in [3.8, 4) is 0 Å². The summed E-state index contributed by atoms with van der Waals surface area (Å²) in [5, 5.41) is 5.50. The molecule has 0 aliphatic rings. The molecule has 0 atom stereocenters. The largest absolute Gasteiger partial charge is 0.337 e. The predicted molar refractivity (Wildman–Crippen MR) is 60.7 cm³/mol. The molecular weight excluding hydrogens is 190 g/mol. The first-order valence-electron chi connectivity index (χ1n) is 4.92. The third-order valence-electron chi connectivity index (χ3n) is 1.70. The van der Waals surface area contributed by atoms with Crippen molar-refractivity contribution in [1.82, 2.24) is 10.3 Å². The fourth-order valence-corrected chi connectivity index (χ4v) is 0.957. The van der Waals surface area contributed by atoms with Crippen LogP contribution in [0.25, 0.3) is 0 Å². The SMILES string of the molecule is CC(C)(C)CNC(=O)Nc1cccnc1. The maximum atomic E-state index is 11.4. The van der Waals surface area contributed by atoms with Gasteiger partial charge in [0.2, 0.25) is 0 Å². The molecule has 0 saturated carbocycles. The lowest BCUT2D eigenvalue weighted by atomic mass is 9.97. The van der Waals surface area contributed by atoms with Crippen LogP contribution in [-0.2, 0) is 0 Å². The predicted octanol–water partition coefficient (Wildman–Crippen LogP) is 2.25. The van der Waals surface area contributed by atoms with Crippen LogP contribution >= 0.6 is 0 Å². The van der Waals surface area contributed by atoms with Crippen molar-refractivity contribution >= 4 is 11.7 Å². The molecule has 0 spiro atoms. The van der Waals surface area contributed by atoms with Crippen molar-refractivity contribution in [3.63, 3.8) is 0 Å². The Labute approximate surface area is 90.1 Å². The summed E-state index contributed by atoms with van der Waals surface area (Å²) >= 11 is 0. The Hall–Kier alpha value is -1.58. The normalized spacial score (nSPS) is 10.9. The summed E-state index contributed by atoms with van der Waals surface area (Å²) < 4.78 is 0. The van der Waals surface area contributed by atoms with Crippen molar-refractivity contribution in [2.45, 2.75) is 20.8 Å². The van der Waals surface area contributed by atoms with Gasteiger partial charge in [0.15, 0.2) is 0 Å². The monoisotopic (exact) mass is 207 g/mol. The fourth-order valence-electron chi connectivity index (χ4n) is 0.957. The number of rotatable bonds is 2. The highest BCUT2D eigenvalue weighted by Gasteiger charge is 2.11. The molecule has 0 unspecified atom stereocenters. The first-order chi connectivity index (χ1) is 6.97. The Balaban J connectivity index is 2.38. The summed E-state index contributed by atoms with van der Waals surface area (Å²) in [6.07, 6.45) is 3.27. The first-order valence-corrected chi connectivity index (χ1v) is 4.92. The number of carbonyl (C=O) groups excluding carboxylic acids is 1. The van der Waals surface area contributed by atoms with E-state index in [1.807, 2.05) is 0 Å². The molecule has 2 N–H and O–H groups in total. The van der Waals surface area contributed by atoms with Crippen LogP contribution in [-0.4, -0.2) is 17.6 Å². The van der Waals surface area contributed by atoms with Gasteiger partial charge in [-0.2, -0.15) is 0 Å². The van der Waals surface area contributed by atoms with Crippen LogP contribution in [0.5, 0.6) is 0 Å². The molecular formula is C11H17N3O. The van der Waals surface area contributed by atoms with E-state index >= 15 is 0 Å². The van der Waals surface area contributed by atoms with Crippen molar-refractivity contribution < 1.29 is 4.79 Å². The van der Waals surface area contributed by atoms with E-state index in [1.165, 1.54) is 0 Å². The molecule has 1 rings (SSSR count). The van der Waals surface area contributed by atoms with Crippen LogP contribution in [0.4, 0.5) is 10.5 Å². The van der Waals surface area contributed by atoms with Crippen LogP contribution < -0.4 is 10.6 Å². The van der Waals surface area contributed by atoms with E-state index < -0.39 is 0 Å². The molecule has 15 heavy (non-hydrogen) atoms. The van der Waals surface area contributed by atoms with E-state index in [4.69, 9.17) is 0 Å². The lowest BCUT2D eigenvalue weighted by Crippen LogP contribution is -2.35. The van der Waals surface area contributed by atoms with Crippen LogP contribution in [0, 0.1) is 5.41 Å². The Morgan fingerprint density at radius 3 is 2.73 bits per heavy atom. The minimum absolute atomic E-state index is 0.0896. The molecule has 4 heteroatoms. The number of pyridine rings is 1. The standard InChI is InChI=1S/C11H17N3O/c1-11(2,3)8-13-10(15)14-9-5-4-6-12-7-9/h4-7H,8H2,1-3H3,(H2,13,14,15). The number of amides is 2. The molecule has 0 aliphatic carbocycles. The zero-order valence-corrected chi connectivity index (χ0v) is 9.37. The fraction of sp³-hybridized carbons (Fsp3) is 0.455. The molecule has 0 bridgehead atoms. The summed E-state index contributed by atoms with van der Waals surface area (Å²) in [6, 6.07) is 3.38. The molecule has 0 aliphatic heterocycles. The number of hydrogen-bond donors (Lipinski definition) is 2. The minimum atomic E-state index is -0.196. The van der Waals surface area contributed by atoms with E-state index in [0.717, 1.165) is 0 Å². The second-order valence-electron chi connectivity index (χ2n) is 4.61. The van der Waals surface area contributed by atoms with E-state index in [1.54, 1.807) is 24.5 Å². The zero-order valence-electron chi connectivity index (χ0n) is 9.37. The van der Waals surface area contributed by atoms with Gasteiger partial charge in [-0.1, -0.05) is 20.8 Å². The average molecular weight is 207 g/mol. The summed E-state index contributed by atoms with van der Waals surface area (Å²) in [7, 11) is 0. The summed E-state index contributed by atoms with van der Waals surface area (Å²) in [6.45, 7) is 6.84. The lowest BCUT2D eigenvalue weighted by Gasteiger charge is -2.18. The second-order valence-corrected chi connectivity index (χ2v) is 4.61. The maximum Gasteiger partial charge on any atom is 0.319 e. The number of urea groups is 1. The molecule has 1 heterocycles. The summed E-state index contributed by atoms with van der Waals surface area (Å²) in [5.74, 6) is 0. The van der Waals surface area contributed by atoms with Gasteiger partial charge in [0.05, 0.1) is 11.9 Å². The van der Waals surface area contributed by atoms with Gasteiger partial charge in [-0.3, -0.25) is 4.98 Å². The maximum absolute atomic E-state index is 11.4.